The monoisotopic (exact) mass is 338 g/mol. The van der Waals surface area contributed by atoms with E-state index in [0.29, 0.717) is 0 Å². The van der Waals surface area contributed by atoms with Crippen LogP contribution in [0.5, 0.6) is 0 Å². The van der Waals surface area contributed by atoms with Crippen LogP contribution in [0.3, 0.4) is 0 Å². The van der Waals surface area contributed by atoms with Gasteiger partial charge < -0.3 is 4.43 Å². The second kappa shape index (κ2) is 11.0. The van der Waals surface area contributed by atoms with Crippen molar-refractivity contribution in [2.75, 3.05) is 0 Å². The minimum Gasteiger partial charge on any atom is -0.410 e. The Hall–Kier alpha value is -0.673. The first-order valence-electron chi connectivity index (χ1n) is 9.50. The van der Waals surface area contributed by atoms with Crippen molar-refractivity contribution in [3.8, 4) is 0 Å². The summed E-state index contributed by atoms with van der Waals surface area (Å²) in [6, 6.07) is 10.7. The van der Waals surface area contributed by atoms with E-state index < -0.39 is 8.32 Å². The summed E-state index contributed by atoms with van der Waals surface area (Å²) in [6.07, 6.45) is 7.61. The Morgan fingerprint density at radius 1 is 0.870 bits per heavy atom. The molecule has 0 bridgehead atoms. The fourth-order valence-electron chi connectivity index (χ4n) is 3.23. The average Bonchev–Trinajstić information content (AvgIpc) is 2.56. The molecule has 0 radical (unpaired) electrons. The van der Waals surface area contributed by atoms with E-state index in [4.69, 9.17) is 4.43 Å². The van der Waals surface area contributed by atoms with E-state index in [2.05, 4.69) is 27.7 Å². The third-order valence-corrected chi connectivity index (χ3v) is 9.37. The third-order valence-electron chi connectivity index (χ3n) is 4.72. The molecule has 0 fully saturated rings. The summed E-state index contributed by atoms with van der Waals surface area (Å²) in [5.41, 5.74) is 1.10. The molecule has 0 unspecified atom stereocenters. The van der Waals surface area contributed by atoms with Gasteiger partial charge in [0.05, 0.1) is 6.10 Å². The van der Waals surface area contributed by atoms with Crippen LogP contribution < -0.4 is 0 Å². The van der Waals surface area contributed by atoms with E-state index in [-0.39, 0.29) is 11.9 Å². The first-order chi connectivity index (χ1) is 11.1. The van der Waals surface area contributed by atoms with Crippen molar-refractivity contribution in [1.82, 2.24) is 0 Å². The Bertz CT molecular complexity index is 396. The molecule has 0 aromatic heterocycles. The zero-order valence-electron chi connectivity index (χ0n) is 15.5. The number of halogens is 1. The summed E-state index contributed by atoms with van der Waals surface area (Å²) in [6.45, 7) is 8.94. The lowest BCUT2D eigenvalue weighted by atomic mass is 10.1. The molecule has 3 heteroatoms. The van der Waals surface area contributed by atoms with Crippen LogP contribution in [0.15, 0.2) is 24.3 Å². The maximum Gasteiger partial charge on any atom is 0.193 e. The van der Waals surface area contributed by atoms with E-state index in [1.165, 1.54) is 56.7 Å². The van der Waals surface area contributed by atoms with Gasteiger partial charge in [0, 0.05) is 0 Å². The molecule has 1 atom stereocenters. The Morgan fingerprint density at radius 2 is 1.30 bits per heavy atom. The van der Waals surface area contributed by atoms with Crippen LogP contribution in [0.25, 0.3) is 0 Å². The van der Waals surface area contributed by atoms with Crippen molar-refractivity contribution in [1.29, 1.82) is 0 Å². The van der Waals surface area contributed by atoms with Gasteiger partial charge in [-0.05, 0) is 42.8 Å². The van der Waals surface area contributed by atoms with Crippen LogP contribution in [-0.4, -0.2) is 8.32 Å². The molecule has 0 saturated heterocycles. The minimum absolute atomic E-state index is 0.0767. The molecule has 23 heavy (non-hydrogen) atoms. The lowest BCUT2D eigenvalue weighted by Crippen LogP contribution is -2.39. The van der Waals surface area contributed by atoms with Gasteiger partial charge in [0.15, 0.2) is 8.32 Å². The molecule has 0 amide bonds. The third kappa shape index (κ3) is 7.17. The highest BCUT2D eigenvalue weighted by Crippen LogP contribution is 2.34. The van der Waals surface area contributed by atoms with Gasteiger partial charge in [0.2, 0.25) is 0 Å². The topological polar surface area (TPSA) is 9.23 Å². The zero-order chi connectivity index (χ0) is 17.1. The Balaban J connectivity index is 2.87. The molecule has 0 aliphatic carbocycles. The quantitative estimate of drug-likeness (QED) is 0.365. The number of hydrogen-bond acceptors (Lipinski definition) is 1. The van der Waals surface area contributed by atoms with E-state index in [0.717, 1.165) is 5.56 Å². The maximum atomic E-state index is 13.2. The molecular weight excluding hydrogens is 303 g/mol. The van der Waals surface area contributed by atoms with Crippen molar-refractivity contribution in [3.05, 3.63) is 35.6 Å². The van der Waals surface area contributed by atoms with Crippen LogP contribution >= 0.6 is 0 Å². The van der Waals surface area contributed by atoms with Crippen LogP contribution in [0.2, 0.25) is 18.1 Å². The number of hydrogen-bond donors (Lipinski definition) is 0. The summed E-state index contributed by atoms with van der Waals surface area (Å²) >= 11 is 0. The van der Waals surface area contributed by atoms with Gasteiger partial charge in [-0.2, -0.15) is 0 Å². The molecule has 1 aromatic rings. The highest BCUT2D eigenvalue weighted by atomic mass is 28.4. The molecule has 0 aliphatic heterocycles. The molecule has 132 valence electrons. The molecule has 0 aliphatic rings. The SMILES string of the molecule is CCCC[Si](CCCC)(CCCC)O[C@@H](C)c1ccc(F)cc1. The van der Waals surface area contributed by atoms with Gasteiger partial charge in [-0.15, -0.1) is 0 Å². The summed E-state index contributed by atoms with van der Waals surface area (Å²) in [4.78, 5) is 0. The van der Waals surface area contributed by atoms with Crippen LogP contribution in [-0.2, 0) is 4.43 Å². The predicted octanol–water partition coefficient (Wildman–Crippen LogP) is 7.25. The van der Waals surface area contributed by atoms with Crippen molar-refractivity contribution in [3.63, 3.8) is 0 Å². The molecular formula is C20H35FOSi. The largest absolute Gasteiger partial charge is 0.410 e. The van der Waals surface area contributed by atoms with Crippen LogP contribution in [0.1, 0.15) is 77.9 Å². The normalized spacial score (nSPS) is 13.3. The molecule has 1 rings (SSSR count). The molecule has 0 N–H and O–H groups in total. The molecule has 0 spiro atoms. The lowest BCUT2D eigenvalue weighted by Gasteiger charge is -2.35. The Morgan fingerprint density at radius 3 is 1.70 bits per heavy atom. The minimum atomic E-state index is -1.71. The summed E-state index contributed by atoms with van der Waals surface area (Å²) in [5.74, 6) is -0.174. The van der Waals surface area contributed by atoms with E-state index in [9.17, 15) is 4.39 Å². The Kier molecular flexibility index (Phi) is 9.73. The van der Waals surface area contributed by atoms with Gasteiger partial charge in [-0.1, -0.05) is 71.4 Å². The lowest BCUT2D eigenvalue weighted by molar-refractivity contribution is 0.206. The van der Waals surface area contributed by atoms with Gasteiger partial charge in [0.1, 0.15) is 5.82 Å². The first kappa shape index (κ1) is 20.4. The van der Waals surface area contributed by atoms with Crippen LogP contribution in [0, 0.1) is 5.82 Å². The van der Waals surface area contributed by atoms with E-state index in [1.54, 1.807) is 12.1 Å². The van der Waals surface area contributed by atoms with Crippen LogP contribution in [0.4, 0.5) is 4.39 Å². The molecule has 1 nitrogen and oxygen atoms in total. The highest BCUT2D eigenvalue weighted by molar-refractivity contribution is 6.73. The fourth-order valence-corrected chi connectivity index (χ4v) is 8.21. The van der Waals surface area contributed by atoms with Crippen molar-refractivity contribution >= 4 is 8.32 Å². The molecule has 0 heterocycles. The fraction of sp³-hybridized carbons (Fsp3) is 0.700. The first-order valence-corrected chi connectivity index (χ1v) is 12.0. The van der Waals surface area contributed by atoms with Gasteiger partial charge in [-0.3, -0.25) is 0 Å². The summed E-state index contributed by atoms with van der Waals surface area (Å²) in [5, 5.41) is 0. The van der Waals surface area contributed by atoms with Gasteiger partial charge >= 0.3 is 0 Å². The highest BCUT2D eigenvalue weighted by Gasteiger charge is 2.35. The predicted molar refractivity (Wildman–Crippen MR) is 101 cm³/mol. The number of unbranched alkanes of at least 4 members (excludes halogenated alkanes) is 3. The van der Waals surface area contributed by atoms with Gasteiger partial charge in [0.25, 0.3) is 0 Å². The zero-order valence-corrected chi connectivity index (χ0v) is 16.5. The second-order valence-electron chi connectivity index (χ2n) is 6.81. The second-order valence-corrected chi connectivity index (χ2v) is 10.9. The van der Waals surface area contributed by atoms with Crippen molar-refractivity contribution in [2.24, 2.45) is 0 Å². The molecule has 1 aromatic carbocycles. The smallest absolute Gasteiger partial charge is 0.193 e. The summed E-state index contributed by atoms with van der Waals surface area (Å²) in [7, 11) is -1.71. The van der Waals surface area contributed by atoms with Crippen molar-refractivity contribution in [2.45, 2.75) is 90.5 Å². The summed E-state index contributed by atoms with van der Waals surface area (Å²) < 4.78 is 19.9. The average molecular weight is 339 g/mol. The van der Waals surface area contributed by atoms with E-state index in [1.807, 2.05) is 12.1 Å². The standard InChI is InChI=1S/C20H35FOSi/c1-5-8-15-23(16-9-6-2,17-10-7-3)22-18(4)19-11-13-20(21)14-12-19/h11-14,18H,5-10,15-17H2,1-4H3/t18-/m0/s1. The van der Waals surface area contributed by atoms with E-state index >= 15 is 0 Å². The number of rotatable bonds is 12. The maximum absolute atomic E-state index is 13.2. The Labute approximate surface area is 143 Å². The van der Waals surface area contributed by atoms with Gasteiger partial charge in [-0.25, -0.2) is 4.39 Å². The van der Waals surface area contributed by atoms with Crippen molar-refractivity contribution < 1.29 is 8.82 Å². The molecule has 0 saturated carbocycles. The number of benzene rings is 1.